The molecular formula is C15H13F3IN. The zero-order chi connectivity index (χ0) is 14.9. The van der Waals surface area contributed by atoms with Gasteiger partial charge in [0.15, 0.2) is 11.6 Å². The van der Waals surface area contributed by atoms with Gasteiger partial charge in [0, 0.05) is 15.2 Å². The molecule has 1 nitrogen and oxygen atoms in total. The maximum atomic E-state index is 13.9. The summed E-state index contributed by atoms with van der Waals surface area (Å²) in [6.45, 7) is 1.94. The molecule has 0 saturated carbocycles. The molecule has 0 spiro atoms. The van der Waals surface area contributed by atoms with E-state index < -0.39 is 23.5 Å². The summed E-state index contributed by atoms with van der Waals surface area (Å²) < 4.78 is 41.3. The minimum absolute atomic E-state index is 0.0925. The molecule has 0 bridgehead atoms. The Morgan fingerprint density at radius 1 is 1.00 bits per heavy atom. The average molecular weight is 391 g/mol. The van der Waals surface area contributed by atoms with E-state index in [0.717, 1.165) is 20.8 Å². The third-order valence-electron chi connectivity index (χ3n) is 3.17. The maximum absolute atomic E-state index is 13.9. The Kier molecular flexibility index (Phi) is 4.70. The van der Waals surface area contributed by atoms with Gasteiger partial charge >= 0.3 is 0 Å². The Hall–Kier alpha value is -1.08. The zero-order valence-corrected chi connectivity index (χ0v) is 13.1. The third-order valence-corrected chi connectivity index (χ3v) is 4.65. The van der Waals surface area contributed by atoms with E-state index in [1.54, 1.807) is 7.05 Å². The zero-order valence-electron chi connectivity index (χ0n) is 11.0. The normalized spacial score (nSPS) is 12.5. The van der Waals surface area contributed by atoms with Crippen LogP contribution in [0.4, 0.5) is 13.2 Å². The molecule has 0 aromatic heterocycles. The lowest BCUT2D eigenvalue weighted by atomic mass is 9.97. The van der Waals surface area contributed by atoms with Gasteiger partial charge in [0.2, 0.25) is 0 Å². The summed E-state index contributed by atoms with van der Waals surface area (Å²) in [6.07, 6.45) is 0. The van der Waals surface area contributed by atoms with Gasteiger partial charge in [-0.3, -0.25) is 0 Å². The first kappa shape index (κ1) is 15.3. The summed E-state index contributed by atoms with van der Waals surface area (Å²) in [6, 6.07) is 6.60. The number of rotatable bonds is 3. The van der Waals surface area contributed by atoms with E-state index in [9.17, 15) is 13.2 Å². The molecule has 0 amide bonds. The number of halogens is 4. The molecule has 2 aromatic rings. The summed E-state index contributed by atoms with van der Waals surface area (Å²) in [4.78, 5) is 0. The van der Waals surface area contributed by atoms with Crippen LogP contribution < -0.4 is 5.32 Å². The fraction of sp³-hybridized carbons (Fsp3) is 0.200. The van der Waals surface area contributed by atoms with Crippen molar-refractivity contribution >= 4 is 22.6 Å². The summed E-state index contributed by atoms with van der Waals surface area (Å²) in [7, 11) is 1.66. The van der Waals surface area contributed by atoms with E-state index in [1.807, 2.05) is 25.1 Å². The molecule has 0 saturated heterocycles. The Morgan fingerprint density at radius 2 is 1.65 bits per heavy atom. The molecule has 0 aliphatic rings. The van der Waals surface area contributed by atoms with Crippen LogP contribution in [0.3, 0.4) is 0 Å². The molecule has 0 aliphatic heterocycles. The van der Waals surface area contributed by atoms with Gasteiger partial charge in [-0.1, -0.05) is 18.2 Å². The van der Waals surface area contributed by atoms with Crippen molar-refractivity contribution in [2.24, 2.45) is 0 Å². The smallest absolute Gasteiger partial charge is 0.161 e. The van der Waals surface area contributed by atoms with Crippen molar-refractivity contribution in [3.8, 4) is 0 Å². The first-order chi connectivity index (χ1) is 9.45. The molecule has 5 heteroatoms. The second-order valence-corrected chi connectivity index (χ2v) is 5.57. The van der Waals surface area contributed by atoms with Gasteiger partial charge in [0.1, 0.15) is 5.82 Å². The van der Waals surface area contributed by atoms with E-state index in [0.29, 0.717) is 6.07 Å². The van der Waals surface area contributed by atoms with Gasteiger partial charge in [0.05, 0.1) is 6.04 Å². The maximum Gasteiger partial charge on any atom is 0.161 e. The Bertz CT molecular complexity index is 643. The molecule has 2 aromatic carbocycles. The predicted molar refractivity (Wildman–Crippen MR) is 81.1 cm³/mol. The van der Waals surface area contributed by atoms with Crippen LogP contribution in [0.2, 0.25) is 0 Å². The summed E-state index contributed by atoms with van der Waals surface area (Å²) in [5, 5.41) is 2.96. The summed E-state index contributed by atoms with van der Waals surface area (Å²) in [5.41, 5.74) is 1.97. The minimum Gasteiger partial charge on any atom is -0.309 e. The summed E-state index contributed by atoms with van der Waals surface area (Å²) >= 11 is 2.17. The lowest BCUT2D eigenvalue weighted by molar-refractivity contribution is 0.483. The monoisotopic (exact) mass is 391 g/mol. The van der Waals surface area contributed by atoms with Crippen LogP contribution in [0, 0.1) is 27.9 Å². The van der Waals surface area contributed by atoms with Crippen LogP contribution in [0.25, 0.3) is 0 Å². The van der Waals surface area contributed by atoms with Crippen LogP contribution in [0.15, 0.2) is 30.3 Å². The van der Waals surface area contributed by atoms with Crippen molar-refractivity contribution in [3.05, 3.63) is 68.0 Å². The van der Waals surface area contributed by atoms with E-state index in [4.69, 9.17) is 0 Å². The molecule has 106 valence electrons. The van der Waals surface area contributed by atoms with E-state index in [-0.39, 0.29) is 5.56 Å². The Labute approximate surface area is 129 Å². The van der Waals surface area contributed by atoms with E-state index in [2.05, 4.69) is 27.9 Å². The second kappa shape index (κ2) is 6.13. The van der Waals surface area contributed by atoms with Crippen LogP contribution >= 0.6 is 22.6 Å². The summed E-state index contributed by atoms with van der Waals surface area (Å²) in [5.74, 6) is -3.00. The number of hydrogen-bond donors (Lipinski definition) is 1. The largest absolute Gasteiger partial charge is 0.309 e. The molecule has 20 heavy (non-hydrogen) atoms. The fourth-order valence-corrected chi connectivity index (χ4v) is 2.80. The quantitative estimate of drug-likeness (QED) is 0.607. The molecule has 1 unspecified atom stereocenters. The lowest BCUT2D eigenvalue weighted by Gasteiger charge is -2.20. The first-order valence-electron chi connectivity index (χ1n) is 6.02. The third kappa shape index (κ3) is 2.83. The van der Waals surface area contributed by atoms with E-state index >= 15 is 0 Å². The van der Waals surface area contributed by atoms with Crippen LogP contribution in [-0.4, -0.2) is 7.05 Å². The van der Waals surface area contributed by atoms with Gasteiger partial charge in [-0.2, -0.15) is 0 Å². The second-order valence-electron chi connectivity index (χ2n) is 4.49. The molecule has 0 aliphatic carbocycles. The van der Waals surface area contributed by atoms with Crippen LogP contribution in [0.1, 0.15) is 22.7 Å². The van der Waals surface area contributed by atoms with Crippen molar-refractivity contribution in [1.82, 2.24) is 5.32 Å². The van der Waals surface area contributed by atoms with E-state index in [1.165, 1.54) is 0 Å². The number of hydrogen-bond acceptors (Lipinski definition) is 1. The van der Waals surface area contributed by atoms with Gasteiger partial charge in [-0.15, -0.1) is 0 Å². The van der Waals surface area contributed by atoms with Crippen molar-refractivity contribution < 1.29 is 13.2 Å². The highest BCUT2D eigenvalue weighted by atomic mass is 127. The molecule has 0 heterocycles. The van der Waals surface area contributed by atoms with Gasteiger partial charge in [-0.25, -0.2) is 13.2 Å². The number of aryl methyl sites for hydroxylation is 1. The van der Waals surface area contributed by atoms with Crippen molar-refractivity contribution in [3.63, 3.8) is 0 Å². The van der Waals surface area contributed by atoms with Gasteiger partial charge in [0.25, 0.3) is 0 Å². The Morgan fingerprint density at radius 3 is 2.30 bits per heavy atom. The molecule has 2 rings (SSSR count). The fourth-order valence-electron chi connectivity index (χ4n) is 2.13. The van der Waals surface area contributed by atoms with Crippen LogP contribution in [-0.2, 0) is 0 Å². The SMILES string of the molecule is CNC(c1cc(F)c(F)cc1F)c1cccc(C)c1I. The highest BCUT2D eigenvalue weighted by Gasteiger charge is 2.21. The highest BCUT2D eigenvalue weighted by molar-refractivity contribution is 14.1. The van der Waals surface area contributed by atoms with Gasteiger partial charge in [-0.05, 0) is 53.8 Å². The standard InChI is InChI=1S/C15H13F3IN/c1-8-4-3-5-9(14(8)19)15(20-2)10-6-12(17)13(18)7-11(10)16/h3-7,15,20H,1-2H3. The number of benzene rings is 2. The molecular weight excluding hydrogens is 378 g/mol. The molecule has 1 N–H and O–H groups in total. The minimum atomic E-state index is -1.18. The molecule has 0 fully saturated rings. The predicted octanol–water partition coefficient (Wildman–Crippen LogP) is 4.33. The van der Waals surface area contributed by atoms with Crippen LogP contribution in [0.5, 0.6) is 0 Å². The number of nitrogens with one attached hydrogen (secondary N) is 1. The van der Waals surface area contributed by atoms with Crippen molar-refractivity contribution in [1.29, 1.82) is 0 Å². The Balaban J connectivity index is 2.58. The van der Waals surface area contributed by atoms with Gasteiger partial charge < -0.3 is 5.32 Å². The first-order valence-corrected chi connectivity index (χ1v) is 7.10. The lowest BCUT2D eigenvalue weighted by Crippen LogP contribution is -2.20. The molecule has 0 radical (unpaired) electrons. The highest BCUT2D eigenvalue weighted by Crippen LogP contribution is 2.30. The van der Waals surface area contributed by atoms with Crippen molar-refractivity contribution in [2.45, 2.75) is 13.0 Å². The average Bonchev–Trinajstić information content (AvgIpc) is 2.41. The molecule has 1 atom stereocenters. The van der Waals surface area contributed by atoms with Crippen molar-refractivity contribution in [2.75, 3.05) is 7.05 Å². The topological polar surface area (TPSA) is 12.0 Å².